The van der Waals surface area contributed by atoms with Crippen LogP contribution in [0.25, 0.3) is 0 Å². The van der Waals surface area contributed by atoms with Crippen molar-refractivity contribution < 1.29 is 9.53 Å². The van der Waals surface area contributed by atoms with E-state index in [1.54, 1.807) is 0 Å². The highest BCUT2D eigenvalue weighted by atomic mass is 16.5. The third kappa shape index (κ3) is 3.68. The molecule has 2 rings (SSSR count). The summed E-state index contributed by atoms with van der Waals surface area (Å²) in [5.41, 5.74) is 5.42. The molecule has 2 N–H and O–H groups in total. The Morgan fingerprint density at radius 3 is 2.68 bits per heavy atom. The summed E-state index contributed by atoms with van der Waals surface area (Å²) in [6.45, 7) is 9.69. The van der Waals surface area contributed by atoms with E-state index in [1.165, 1.54) is 0 Å². The van der Waals surface area contributed by atoms with E-state index in [-0.39, 0.29) is 12.0 Å². The number of nitrogens with two attached hydrogens (primary N) is 1. The molecular formula is C14H27N3O2. The van der Waals surface area contributed by atoms with Crippen LogP contribution in [0.3, 0.4) is 0 Å². The van der Waals surface area contributed by atoms with Crippen LogP contribution in [-0.2, 0) is 9.53 Å². The summed E-state index contributed by atoms with van der Waals surface area (Å²) in [5.74, 6) is 0.127. The second kappa shape index (κ2) is 6.20. The number of hydrogen-bond acceptors (Lipinski definition) is 4. The molecule has 19 heavy (non-hydrogen) atoms. The van der Waals surface area contributed by atoms with Gasteiger partial charge in [-0.1, -0.05) is 13.8 Å². The lowest BCUT2D eigenvalue weighted by atomic mass is 10.2. The van der Waals surface area contributed by atoms with Gasteiger partial charge in [0.15, 0.2) is 0 Å². The number of carbonyl (C=O) groups is 1. The van der Waals surface area contributed by atoms with Crippen LogP contribution in [0, 0.1) is 0 Å². The summed E-state index contributed by atoms with van der Waals surface area (Å²) in [6, 6.07) is 0. The molecule has 1 unspecified atom stereocenters. The molecule has 5 heteroatoms. The van der Waals surface area contributed by atoms with E-state index in [9.17, 15) is 4.79 Å². The zero-order valence-corrected chi connectivity index (χ0v) is 12.2. The van der Waals surface area contributed by atoms with Gasteiger partial charge in [0.2, 0.25) is 5.91 Å². The Morgan fingerprint density at radius 2 is 2.11 bits per heavy atom. The van der Waals surface area contributed by atoms with Crippen LogP contribution in [0.2, 0.25) is 0 Å². The SMILES string of the molecule is CCN(CC)CCOC1CCN(C(=O)C2(N)CC2)C1. The quantitative estimate of drug-likeness (QED) is 0.728. The molecule has 0 bridgehead atoms. The highest BCUT2D eigenvalue weighted by Crippen LogP contribution is 2.35. The Kier molecular flexibility index (Phi) is 4.81. The number of carbonyl (C=O) groups excluding carboxylic acids is 1. The standard InChI is InChI=1S/C14H27N3O2/c1-3-16(4-2)9-10-19-12-5-8-17(11-12)13(18)14(15)6-7-14/h12H,3-11,15H2,1-2H3. The van der Waals surface area contributed by atoms with E-state index < -0.39 is 5.54 Å². The number of likely N-dealkylation sites (N-methyl/N-ethyl adjacent to an activating group) is 1. The van der Waals surface area contributed by atoms with Gasteiger partial charge in [0.25, 0.3) is 0 Å². The van der Waals surface area contributed by atoms with Crippen molar-refractivity contribution >= 4 is 5.91 Å². The topological polar surface area (TPSA) is 58.8 Å². The fraction of sp³-hybridized carbons (Fsp3) is 0.929. The molecule has 110 valence electrons. The van der Waals surface area contributed by atoms with Gasteiger partial charge >= 0.3 is 0 Å². The highest BCUT2D eigenvalue weighted by Gasteiger charge is 2.49. The number of amides is 1. The number of rotatable bonds is 7. The lowest BCUT2D eigenvalue weighted by Crippen LogP contribution is -2.45. The van der Waals surface area contributed by atoms with Crippen molar-refractivity contribution in [3.63, 3.8) is 0 Å². The van der Waals surface area contributed by atoms with Gasteiger partial charge in [-0.05, 0) is 32.4 Å². The van der Waals surface area contributed by atoms with E-state index >= 15 is 0 Å². The Balaban J connectivity index is 1.66. The number of likely N-dealkylation sites (tertiary alicyclic amines) is 1. The Morgan fingerprint density at radius 1 is 1.42 bits per heavy atom. The monoisotopic (exact) mass is 269 g/mol. The predicted octanol–water partition coefficient (Wildman–Crippen LogP) is 0.437. The van der Waals surface area contributed by atoms with Crippen LogP contribution in [-0.4, -0.2) is 66.7 Å². The largest absolute Gasteiger partial charge is 0.375 e. The first-order chi connectivity index (χ1) is 9.09. The minimum Gasteiger partial charge on any atom is -0.375 e. The van der Waals surface area contributed by atoms with E-state index in [2.05, 4.69) is 18.7 Å². The van der Waals surface area contributed by atoms with Crippen molar-refractivity contribution in [2.45, 2.75) is 44.8 Å². The average Bonchev–Trinajstić information content (AvgIpc) is 3.00. The molecule has 0 aromatic heterocycles. The first kappa shape index (κ1) is 14.8. The molecule has 1 aliphatic carbocycles. The predicted molar refractivity (Wildman–Crippen MR) is 74.9 cm³/mol. The molecule has 1 saturated carbocycles. The lowest BCUT2D eigenvalue weighted by molar-refractivity contribution is -0.133. The van der Waals surface area contributed by atoms with Crippen molar-refractivity contribution in [1.82, 2.24) is 9.80 Å². The molecule has 1 heterocycles. The molecule has 2 fully saturated rings. The zero-order chi connectivity index (χ0) is 13.9. The number of ether oxygens (including phenoxy) is 1. The molecule has 1 saturated heterocycles. The number of nitrogens with zero attached hydrogens (tertiary/aromatic N) is 2. The van der Waals surface area contributed by atoms with E-state index in [0.29, 0.717) is 0 Å². The molecule has 0 aromatic rings. The van der Waals surface area contributed by atoms with Crippen LogP contribution < -0.4 is 5.73 Å². The van der Waals surface area contributed by atoms with Gasteiger partial charge < -0.3 is 20.3 Å². The van der Waals surface area contributed by atoms with Crippen LogP contribution in [0.4, 0.5) is 0 Å². The molecule has 0 spiro atoms. The summed E-state index contributed by atoms with van der Waals surface area (Å²) in [4.78, 5) is 16.3. The Hall–Kier alpha value is -0.650. The Labute approximate surface area is 116 Å². The molecule has 1 aliphatic heterocycles. The van der Waals surface area contributed by atoms with Crippen LogP contribution in [0.1, 0.15) is 33.1 Å². The van der Waals surface area contributed by atoms with E-state index in [4.69, 9.17) is 10.5 Å². The molecule has 2 aliphatic rings. The zero-order valence-electron chi connectivity index (χ0n) is 12.2. The van der Waals surface area contributed by atoms with Gasteiger partial charge in [-0.2, -0.15) is 0 Å². The van der Waals surface area contributed by atoms with Gasteiger partial charge in [0.05, 0.1) is 18.2 Å². The molecule has 1 amide bonds. The van der Waals surface area contributed by atoms with Crippen molar-refractivity contribution in [3.05, 3.63) is 0 Å². The van der Waals surface area contributed by atoms with E-state index in [0.717, 1.165) is 58.6 Å². The minimum atomic E-state index is -0.532. The molecule has 0 radical (unpaired) electrons. The third-order valence-corrected chi connectivity index (χ3v) is 4.30. The minimum absolute atomic E-state index is 0.127. The first-order valence-electron chi connectivity index (χ1n) is 7.51. The molecule has 1 atom stereocenters. The van der Waals surface area contributed by atoms with Crippen LogP contribution in [0.15, 0.2) is 0 Å². The van der Waals surface area contributed by atoms with Crippen molar-refractivity contribution in [1.29, 1.82) is 0 Å². The highest BCUT2D eigenvalue weighted by molar-refractivity contribution is 5.89. The third-order valence-electron chi connectivity index (χ3n) is 4.30. The van der Waals surface area contributed by atoms with Crippen molar-refractivity contribution in [2.75, 3.05) is 39.3 Å². The summed E-state index contributed by atoms with van der Waals surface area (Å²) in [6.07, 6.45) is 2.83. The molecular weight excluding hydrogens is 242 g/mol. The fourth-order valence-electron chi connectivity index (χ4n) is 2.60. The normalized spacial score (nSPS) is 25.1. The van der Waals surface area contributed by atoms with Crippen molar-refractivity contribution in [3.8, 4) is 0 Å². The fourth-order valence-corrected chi connectivity index (χ4v) is 2.60. The maximum Gasteiger partial charge on any atom is 0.242 e. The second-order valence-corrected chi connectivity index (χ2v) is 5.72. The summed E-state index contributed by atoms with van der Waals surface area (Å²) in [5, 5.41) is 0. The lowest BCUT2D eigenvalue weighted by Gasteiger charge is -2.21. The first-order valence-corrected chi connectivity index (χ1v) is 7.51. The van der Waals surface area contributed by atoms with Crippen LogP contribution in [0.5, 0.6) is 0 Å². The van der Waals surface area contributed by atoms with Crippen molar-refractivity contribution in [2.24, 2.45) is 5.73 Å². The van der Waals surface area contributed by atoms with Gasteiger partial charge in [-0.15, -0.1) is 0 Å². The Bertz CT molecular complexity index is 314. The van der Waals surface area contributed by atoms with Gasteiger partial charge in [-0.25, -0.2) is 0 Å². The van der Waals surface area contributed by atoms with Gasteiger partial charge in [-0.3, -0.25) is 4.79 Å². The summed E-state index contributed by atoms with van der Waals surface area (Å²) >= 11 is 0. The molecule has 0 aromatic carbocycles. The van der Waals surface area contributed by atoms with E-state index in [1.807, 2.05) is 4.90 Å². The van der Waals surface area contributed by atoms with Gasteiger partial charge in [0, 0.05) is 19.6 Å². The number of hydrogen-bond donors (Lipinski definition) is 1. The van der Waals surface area contributed by atoms with Gasteiger partial charge in [0.1, 0.15) is 0 Å². The molecule has 5 nitrogen and oxygen atoms in total. The maximum absolute atomic E-state index is 12.1. The smallest absolute Gasteiger partial charge is 0.242 e. The average molecular weight is 269 g/mol. The summed E-state index contributed by atoms with van der Waals surface area (Å²) in [7, 11) is 0. The van der Waals surface area contributed by atoms with Crippen LogP contribution >= 0.6 is 0 Å². The maximum atomic E-state index is 12.1. The second-order valence-electron chi connectivity index (χ2n) is 5.72. The summed E-state index contributed by atoms with van der Waals surface area (Å²) < 4.78 is 5.87.